The molecule has 2 aromatic carbocycles. The molecule has 1 fully saturated rings. The van der Waals surface area contributed by atoms with Gasteiger partial charge in [-0.2, -0.15) is 0 Å². The molecule has 0 radical (unpaired) electrons. The molecule has 1 saturated carbocycles. The second-order valence-corrected chi connectivity index (χ2v) is 9.77. The van der Waals surface area contributed by atoms with Gasteiger partial charge < -0.3 is 21.3 Å². The van der Waals surface area contributed by atoms with Crippen LogP contribution in [0.15, 0.2) is 61.7 Å². The lowest BCUT2D eigenvalue weighted by Gasteiger charge is -2.39. The molecule has 0 amide bonds. The van der Waals surface area contributed by atoms with Gasteiger partial charge in [-0.15, -0.1) is 13.2 Å². The predicted octanol–water partition coefficient (Wildman–Crippen LogP) is 6.50. The normalized spacial score (nSPS) is 14.5. The Morgan fingerprint density at radius 3 is 1.62 bits per heavy atom. The summed E-state index contributed by atoms with van der Waals surface area (Å²) in [6.07, 6.45) is 9.68. The molecule has 1 aliphatic rings. The van der Waals surface area contributed by atoms with Crippen molar-refractivity contribution >= 4 is 46.0 Å². The molecule has 4 N–H and O–H groups in total. The van der Waals surface area contributed by atoms with Gasteiger partial charge in [-0.1, -0.05) is 55.7 Å². The number of nitrogens with one attached hydrogen (secondary N) is 4. The van der Waals surface area contributed by atoms with Gasteiger partial charge in [-0.3, -0.25) is 0 Å². The first kappa shape index (κ1) is 25.9. The number of rotatable bonds is 8. The molecule has 3 rings (SSSR count). The Morgan fingerprint density at radius 2 is 1.24 bits per heavy atom. The summed E-state index contributed by atoms with van der Waals surface area (Å²) in [6.45, 7) is 13.0. The van der Waals surface area contributed by atoms with E-state index >= 15 is 0 Å². The van der Waals surface area contributed by atoms with Crippen LogP contribution in [0.4, 0.5) is 11.4 Å². The van der Waals surface area contributed by atoms with Crippen molar-refractivity contribution in [2.45, 2.75) is 51.4 Å². The van der Waals surface area contributed by atoms with Gasteiger partial charge in [0.1, 0.15) is 0 Å². The van der Waals surface area contributed by atoms with Crippen LogP contribution in [0.5, 0.6) is 0 Å². The van der Waals surface area contributed by atoms with Crippen LogP contribution in [0.2, 0.25) is 0 Å². The van der Waals surface area contributed by atoms with Crippen molar-refractivity contribution < 1.29 is 0 Å². The largest absolute Gasteiger partial charge is 0.359 e. The molecule has 0 heterocycles. The Morgan fingerprint density at radius 1 is 0.794 bits per heavy atom. The van der Waals surface area contributed by atoms with E-state index in [1.165, 1.54) is 41.5 Å². The van der Waals surface area contributed by atoms with Crippen molar-refractivity contribution in [3.63, 3.8) is 0 Å². The summed E-state index contributed by atoms with van der Waals surface area (Å²) in [6, 6.07) is 13.5. The highest BCUT2D eigenvalue weighted by atomic mass is 32.1. The molecule has 0 aliphatic heterocycles. The fraction of sp³-hybridized carbons (Fsp3) is 0.357. The van der Waals surface area contributed by atoms with E-state index in [2.05, 4.69) is 84.7 Å². The Labute approximate surface area is 215 Å². The van der Waals surface area contributed by atoms with Crippen LogP contribution in [-0.2, 0) is 5.41 Å². The summed E-state index contributed by atoms with van der Waals surface area (Å²) in [7, 11) is 0. The quantitative estimate of drug-likeness (QED) is 0.249. The smallest absolute Gasteiger partial charge is 0.171 e. The van der Waals surface area contributed by atoms with Gasteiger partial charge in [0.2, 0.25) is 0 Å². The molecule has 6 heteroatoms. The van der Waals surface area contributed by atoms with Crippen molar-refractivity contribution in [1.29, 1.82) is 0 Å². The zero-order chi connectivity index (χ0) is 24.6. The first-order valence-electron chi connectivity index (χ1n) is 11.9. The second-order valence-electron chi connectivity index (χ2n) is 8.95. The average Bonchev–Trinajstić information content (AvgIpc) is 2.84. The summed E-state index contributed by atoms with van der Waals surface area (Å²) in [4.78, 5) is 0. The third kappa shape index (κ3) is 6.24. The molecule has 0 atom stereocenters. The Bertz CT molecular complexity index is 977. The fourth-order valence-electron chi connectivity index (χ4n) is 4.77. The summed E-state index contributed by atoms with van der Waals surface area (Å²) >= 11 is 10.8. The van der Waals surface area contributed by atoms with Crippen LogP contribution >= 0.6 is 24.4 Å². The highest BCUT2D eigenvalue weighted by Crippen LogP contribution is 2.46. The van der Waals surface area contributed by atoms with Gasteiger partial charge in [-0.25, -0.2) is 0 Å². The van der Waals surface area contributed by atoms with E-state index in [0.717, 1.165) is 24.2 Å². The lowest BCUT2D eigenvalue weighted by molar-refractivity contribution is 0.346. The summed E-state index contributed by atoms with van der Waals surface area (Å²) in [5.74, 6) is 0. The number of aryl methyl sites for hydroxylation is 2. The summed E-state index contributed by atoms with van der Waals surface area (Å²) < 4.78 is 0. The molecule has 4 nitrogen and oxygen atoms in total. The first-order chi connectivity index (χ1) is 16.4. The molecule has 34 heavy (non-hydrogen) atoms. The summed E-state index contributed by atoms with van der Waals surface area (Å²) in [5, 5.41) is 14.1. The molecule has 180 valence electrons. The lowest BCUT2D eigenvalue weighted by atomic mass is 9.65. The SMILES string of the molecule is C=CCNC(=S)Nc1ccc(C2(c3ccc(NC(=S)NCC=C)c(C)c3)CCCCC2)cc1C. The Balaban J connectivity index is 1.89. The summed E-state index contributed by atoms with van der Waals surface area (Å²) in [5.41, 5.74) is 7.23. The van der Waals surface area contributed by atoms with E-state index in [4.69, 9.17) is 24.4 Å². The zero-order valence-electron chi connectivity index (χ0n) is 20.3. The van der Waals surface area contributed by atoms with Crippen LogP contribution in [0.3, 0.4) is 0 Å². The van der Waals surface area contributed by atoms with Crippen molar-refractivity contribution in [2.24, 2.45) is 0 Å². The van der Waals surface area contributed by atoms with Crippen molar-refractivity contribution in [3.8, 4) is 0 Å². The lowest BCUT2D eigenvalue weighted by Crippen LogP contribution is -2.32. The third-order valence-corrected chi connectivity index (χ3v) is 7.07. The van der Waals surface area contributed by atoms with E-state index < -0.39 is 0 Å². The van der Waals surface area contributed by atoms with Gasteiger partial charge in [0.25, 0.3) is 0 Å². The maximum absolute atomic E-state index is 5.40. The topological polar surface area (TPSA) is 48.1 Å². The minimum Gasteiger partial charge on any atom is -0.359 e. The van der Waals surface area contributed by atoms with Gasteiger partial charge in [0.05, 0.1) is 0 Å². The predicted molar refractivity (Wildman–Crippen MR) is 155 cm³/mol. The molecular weight excluding hydrogens is 456 g/mol. The van der Waals surface area contributed by atoms with Gasteiger partial charge in [0.15, 0.2) is 10.2 Å². The van der Waals surface area contributed by atoms with Crippen LogP contribution in [0, 0.1) is 13.8 Å². The van der Waals surface area contributed by atoms with Gasteiger partial charge in [-0.05, 0) is 85.5 Å². The first-order valence-corrected chi connectivity index (χ1v) is 12.7. The maximum atomic E-state index is 5.40. The van der Waals surface area contributed by atoms with Crippen molar-refractivity contribution in [1.82, 2.24) is 10.6 Å². The Hall–Kier alpha value is -2.70. The fourth-order valence-corrected chi connectivity index (χ4v) is 5.15. The standard InChI is InChI=1S/C28H36N4S2/c1-5-16-29-26(33)31-24-12-10-22(18-20(24)3)28(14-8-7-9-15-28)23-11-13-25(21(4)19-23)32-27(34)30-17-6-2/h5-6,10-13,18-19H,1-2,7-9,14-17H2,3-4H3,(H2,29,31,33)(H2,30,32,34). The van der Waals surface area contributed by atoms with Gasteiger partial charge >= 0.3 is 0 Å². The van der Waals surface area contributed by atoms with E-state index in [-0.39, 0.29) is 5.41 Å². The monoisotopic (exact) mass is 492 g/mol. The van der Waals surface area contributed by atoms with Crippen LogP contribution in [-0.4, -0.2) is 23.3 Å². The number of thiocarbonyl (C=S) groups is 2. The third-order valence-electron chi connectivity index (χ3n) is 6.58. The number of benzene rings is 2. The zero-order valence-corrected chi connectivity index (χ0v) is 21.9. The van der Waals surface area contributed by atoms with Crippen LogP contribution in [0.1, 0.15) is 54.4 Å². The molecule has 0 unspecified atom stereocenters. The van der Waals surface area contributed by atoms with E-state index in [0.29, 0.717) is 23.3 Å². The van der Waals surface area contributed by atoms with Gasteiger partial charge in [0, 0.05) is 29.9 Å². The maximum Gasteiger partial charge on any atom is 0.171 e. The number of hydrogen-bond acceptors (Lipinski definition) is 2. The second kappa shape index (κ2) is 12.1. The van der Waals surface area contributed by atoms with Crippen molar-refractivity contribution in [3.05, 3.63) is 84.0 Å². The Kier molecular flexibility index (Phi) is 9.25. The highest BCUT2D eigenvalue weighted by Gasteiger charge is 2.36. The van der Waals surface area contributed by atoms with Crippen LogP contribution < -0.4 is 21.3 Å². The van der Waals surface area contributed by atoms with Crippen molar-refractivity contribution in [2.75, 3.05) is 23.7 Å². The minimum absolute atomic E-state index is 0.0219. The van der Waals surface area contributed by atoms with E-state index in [9.17, 15) is 0 Å². The average molecular weight is 493 g/mol. The molecule has 0 saturated heterocycles. The molecule has 0 spiro atoms. The molecule has 0 aromatic heterocycles. The number of anilines is 2. The highest BCUT2D eigenvalue weighted by molar-refractivity contribution is 7.80. The molecule has 0 bridgehead atoms. The van der Waals surface area contributed by atoms with E-state index in [1.54, 1.807) is 12.2 Å². The molecule has 1 aliphatic carbocycles. The van der Waals surface area contributed by atoms with E-state index in [1.807, 2.05) is 0 Å². The number of hydrogen-bond donors (Lipinski definition) is 4. The minimum atomic E-state index is 0.0219. The molecule has 2 aromatic rings. The molecular formula is C28H36N4S2. The van der Waals surface area contributed by atoms with Crippen LogP contribution in [0.25, 0.3) is 0 Å².